The molecule has 2 heterocycles. The molecule has 1 saturated heterocycles. The van der Waals surface area contributed by atoms with E-state index in [0.717, 1.165) is 18.5 Å². The number of nitrogens with one attached hydrogen (secondary N) is 2. The molecular formula is C32H57N3O5. The second kappa shape index (κ2) is 20.2. The molecule has 1 unspecified atom stereocenters. The van der Waals surface area contributed by atoms with E-state index in [1.165, 1.54) is 64.2 Å². The highest BCUT2D eigenvalue weighted by Crippen LogP contribution is 2.35. The SMILES string of the molecule is CCCCCCCCCC(CCCCC)O[C@@H]1C[C@@](C)(OC)[C@@H](OC(=O)NCCNCc2ccccn2)[C@H](C)O1. The molecule has 0 spiro atoms. The molecule has 0 aliphatic carbocycles. The first-order valence-electron chi connectivity index (χ1n) is 15.8. The average molecular weight is 564 g/mol. The lowest BCUT2D eigenvalue weighted by molar-refractivity contribution is -0.288. The number of carbonyl (C=O) groups is 1. The summed E-state index contributed by atoms with van der Waals surface area (Å²) >= 11 is 0. The summed E-state index contributed by atoms with van der Waals surface area (Å²) in [5.41, 5.74) is 0.255. The van der Waals surface area contributed by atoms with Gasteiger partial charge in [-0.3, -0.25) is 4.98 Å². The Bertz CT molecular complexity index is 783. The van der Waals surface area contributed by atoms with Crippen molar-refractivity contribution in [1.29, 1.82) is 0 Å². The molecule has 1 amide bonds. The Morgan fingerprint density at radius 1 is 1.05 bits per heavy atom. The fourth-order valence-corrected chi connectivity index (χ4v) is 5.38. The molecule has 0 saturated carbocycles. The van der Waals surface area contributed by atoms with Crippen LogP contribution < -0.4 is 10.6 Å². The third-order valence-electron chi connectivity index (χ3n) is 7.87. The Hall–Kier alpha value is -1.74. The molecule has 5 atom stereocenters. The lowest BCUT2D eigenvalue weighted by Crippen LogP contribution is -2.59. The quantitative estimate of drug-likeness (QED) is 0.157. The summed E-state index contributed by atoms with van der Waals surface area (Å²) in [5.74, 6) is 0. The normalized spacial score (nSPS) is 23.6. The van der Waals surface area contributed by atoms with Crippen molar-refractivity contribution in [2.75, 3.05) is 20.2 Å². The van der Waals surface area contributed by atoms with Gasteiger partial charge < -0.3 is 29.6 Å². The molecule has 1 aliphatic rings. The second-order valence-electron chi connectivity index (χ2n) is 11.4. The maximum Gasteiger partial charge on any atom is 0.407 e. The Balaban J connectivity index is 1.80. The van der Waals surface area contributed by atoms with Gasteiger partial charge in [0, 0.05) is 39.4 Å². The molecule has 40 heavy (non-hydrogen) atoms. The van der Waals surface area contributed by atoms with Crippen molar-refractivity contribution in [3.63, 3.8) is 0 Å². The topological polar surface area (TPSA) is 90.9 Å². The van der Waals surface area contributed by atoms with E-state index in [-0.39, 0.29) is 18.5 Å². The van der Waals surface area contributed by atoms with Crippen LogP contribution in [0.3, 0.4) is 0 Å². The van der Waals surface area contributed by atoms with Gasteiger partial charge in [0.05, 0.1) is 17.9 Å². The van der Waals surface area contributed by atoms with Crippen molar-refractivity contribution < 1.29 is 23.7 Å². The molecule has 0 radical (unpaired) electrons. The van der Waals surface area contributed by atoms with E-state index in [9.17, 15) is 4.79 Å². The number of unbranched alkanes of at least 4 members (excludes halogenated alkanes) is 8. The van der Waals surface area contributed by atoms with Crippen LogP contribution >= 0.6 is 0 Å². The number of alkyl carbamates (subject to hydrolysis) is 1. The minimum atomic E-state index is -0.704. The Labute approximate surface area is 243 Å². The smallest absolute Gasteiger partial charge is 0.407 e. The zero-order chi connectivity index (χ0) is 29.1. The predicted molar refractivity (Wildman–Crippen MR) is 160 cm³/mol. The van der Waals surface area contributed by atoms with Crippen molar-refractivity contribution in [3.05, 3.63) is 30.1 Å². The molecule has 1 aliphatic heterocycles. The first-order valence-corrected chi connectivity index (χ1v) is 15.8. The number of nitrogens with zero attached hydrogens (tertiary/aromatic N) is 1. The van der Waals surface area contributed by atoms with E-state index >= 15 is 0 Å². The molecule has 1 aromatic heterocycles. The highest BCUT2D eigenvalue weighted by atomic mass is 16.7. The van der Waals surface area contributed by atoms with Gasteiger partial charge in [-0.05, 0) is 38.8 Å². The van der Waals surface area contributed by atoms with Crippen LogP contribution in [0, 0.1) is 0 Å². The Morgan fingerprint density at radius 3 is 2.40 bits per heavy atom. The number of pyridine rings is 1. The second-order valence-corrected chi connectivity index (χ2v) is 11.4. The number of methoxy groups -OCH3 is 1. The van der Waals surface area contributed by atoms with Crippen LogP contribution in [-0.4, -0.2) is 61.5 Å². The minimum absolute atomic E-state index is 0.180. The molecule has 8 nitrogen and oxygen atoms in total. The summed E-state index contributed by atoms with van der Waals surface area (Å²) in [6.45, 7) is 10.1. The van der Waals surface area contributed by atoms with E-state index in [1.807, 2.05) is 32.0 Å². The van der Waals surface area contributed by atoms with Crippen LogP contribution in [0.2, 0.25) is 0 Å². The fraction of sp³-hybridized carbons (Fsp3) is 0.812. The van der Waals surface area contributed by atoms with Crippen LogP contribution in [0.5, 0.6) is 0 Å². The molecule has 1 aromatic rings. The number of hydrogen-bond acceptors (Lipinski definition) is 7. The number of carbonyl (C=O) groups excluding carboxylic acids is 1. The largest absolute Gasteiger partial charge is 0.440 e. The lowest BCUT2D eigenvalue weighted by atomic mass is 9.88. The van der Waals surface area contributed by atoms with Gasteiger partial charge in [-0.2, -0.15) is 0 Å². The summed E-state index contributed by atoms with van der Waals surface area (Å²) in [5, 5.41) is 6.10. The number of aromatic nitrogens is 1. The Kier molecular flexibility index (Phi) is 17.4. The van der Waals surface area contributed by atoms with Gasteiger partial charge in [0.25, 0.3) is 0 Å². The van der Waals surface area contributed by atoms with Gasteiger partial charge in [0.15, 0.2) is 12.4 Å². The third kappa shape index (κ3) is 13.3. The van der Waals surface area contributed by atoms with Gasteiger partial charge in [0.1, 0.15) is 5.60 Å². The van der Waals surface area contributed by atoms with Crippen LogP contribution in [0.4, 0.5) is 4.79 Å². The third-order valence-corrected chi connectivity index (χ3v) is 7.87. The first kappa shape index (κ1) is 34.5. The summed E-state index contributed by atoms with van der Waals surface area (Å²) in [6.07, 6.45) is 15.5. The molecule has 2 N–H and O–H groups in total. The van der Waals surface area contributed by atoms with Crippen LogP contribution in [-0.2, 0) is 25.5 Å². The number of amides is 1. The van der Waals surface area contributed by atoms with Gasteiger partial charge in [-0.15, -0.1) is 0 Å². The van der Waals surface area contributed by atoms with E-state index in [2.05, 4.69) is 29.5 Å². The molecule has 1 fully saturated rings. The van der Waals surface area contributed by atoms with Crippen molar-refractivity contribution in [1.82, 2.24) is 15.6 Å². The monoisotopic (exact) mass is 563 g/mol. The number of rotatable bonds is 21. The summed E-state index contributed by atoms with van der Waals surface area (Å²) < 4.78 is 24.6. The summed E-state index contributed by atoms with van der Waals surface area (Å²) in [6, 6.07) is 5.81. The fourth-order valence-electron chi connectivity index (χ4n) is 5.38. The first-order chi connectivity index (χ1) is 19.4. The summed E-state index contributed by atoms with van der Waals surface area (Å²) in [4.78, 5) is 16.9. The minimum Gasteiger partial charge on any atom is -0.440 e. The zero-order valence-corrected chi connectivity index (χ0v) is 25.9. The molecule has 230 valence electrons. The van der Waals surface area contributed by atoms with Gasteiger partial charge >= 0.3 is 6.09 Å². The Morgan fingerprint density at radius 2 is 1.73 bits per heavy atom. The van der Waals surface area contributed by atoms with Crippen molar-refractivity contribution in [3.8, 4) is 0 Å². The van der Waals surface area contributed by atoms with Crippen LogP contribution in [0.25, 0.3) is 0 Å². The molecule has 0 aromatic carbocycles. The van der Waals surface area contributed by atoms with Gasteiger partial charge in [0.2, 0.25) is 0 Å². The van der Waals surface area contributed by atoms with E-state index in [4.69, 9.17) is 18.9 Å². The number of hydrogen-bond donors (Lipinski definition) is 2. The lowest BCUT2D eigenvalue weighted by Gasteiger charge is -2.46. The van der Waals surface area contributed by atoms with Crippen molar-refractivity contribution in [2.24, 2.45) is 0 Å². The maximum absolute atomic E-state index is 12.6. The zero-order valence-electron chi connectivity index (χ0n) is 25.9. The van der Waals surface area contributed by atoms with Crippen molar-refractivity contribution >= 4 is 6.09 Å². The molecule has 2 rings (SSSR count). The van der Waals surface area contributed by atoms with E-state index in [0.29, 0.717) is 26.1 Å². The van der Waals surface area contributed by atoms with Crippen molar-refractivity contribution in [2.45, 2.75) is 148 Å². The standard InChI is InChI=1S/C32H57N3O5/c1-6-8-10-11-12-13-15-20-28(19-14-9-7-2)39-29-24-32(4,37-5)30(26(3)38-29)40-31(36)35-23-22-33-25-27-18-16-17-21-34-27/h16-18,21,26,28-30,33H,6-15,19-20,22-25H2,1-5H3,(H,35,36)/t26-,28?,29+,30-,32+/m0/s1. The number of ether oxygens (including phenoxy) is 4. The van der Waals surface area contributed by atoms with Crippen LogP contribution in [0.1, 0.15) is 117 Å². The molecular weight excluding hydrogens is 506 g/mol. The highest BCUT2D eigenvalue weighted by Gasteiger charge is 2.49. The predicted octanol–water partition coefficient (Wildman–Crippen LogP) is 6.91. The molecule has 8 heteroatoms. The van der Waals surface area contributed by atoms with E-state index < -0.39 is 17.8 Å². The average Bonchev–Trinajstić information content (AvgIpc) is 2.95. The molecule has 0 bridgehead atoms. The summed E-state index contributed by atoms with van der Waals surface area (Å²) in [7, 11) is 1.67. The maximum atomic E-state index is 12.6. The van der Waals surface area contributed by atoms with E-state index in [1.54, 1.807) is 13.3 Å². The highest BCUT2D eigenvalue weighted by molar-refractivity contribution is 5.67. The van der Waals surface area contributed by atoms with Gasteiger partial charge in [-0.1, -0.05) is 84.1 Å². The van der Waals surface area contributed by atoms with Crippen LogP contribution in [0.15, 0.2) is 24.4 Å². The van der Waals surface area contributed by atoms with Gasteiger partial charge in [-0.25, -0.2) is 4.79 Å².